The van der Waals surface area contributed by atoms with Crippen LogP contribution >= 0.6 is 0 Å². The first-order valence-corrected chi connectivity index (χ1v) is 7.10. The fourth-order valence-electron chi connectivity index (χ4n) is 2.98. The van der Waals surface area contributed by atoms with Crippen LogP contribution in [0.1, 0.15) is 19.4 Å². The van der Waals surface area contributed by atoms with E-state index in [1.165, 1.54) is 5.56 Å². The molecule has 2 rings (SSSR count). The van der Waals surface area contributed by atoms with Crippen LogP contribution in [0.3, 0.4) is 0 Å². The second kappa shape index (κ2) is 6.12. The van der Waals surface area contributed by atoms with Crippen LogP contribution in [-0.4, -0.2) is 51.0 Å². The molecule has 1 aromatic rings. The SMILES string of the molecule is COC1CN(CC(C)(C)c2ccc(N)cc2)CC1OC. The number of hydrogen-bond acceptors (Lipinski definition) is 4. The molecule has 112 valence electrons. The summed E-state index contributed by atoms with van der Waals surface area (Å²) in [5.41, 5.74) is 7.96. The average molecular weight is 278 g/mol. The number of benzene rings is 1. The first-order chi connectivity index (χ1) is 9.46. The maximum absolute atomic E-state index is 5.76. The molecule has 4 nitrogen and oxygen atoms in total. The second-order valence-electron chi connectivity index (χ2n) is 6.25. The molecule has 2 atom stereocenters. The van der Waals surface area contributed by atoms with E-state index in [0.717, 1.165) is 25.3 Å². The van der Waals surface area contributed by atoms with Crippen molar-refractivity contribution in [2.45, 2.75) is 31.5 Å². The Morgan fingerprint density at radius 3 is 2.05 bits per heavy atom. The summed E-state index contributed by atoms with van der Waals surface area (Å²) in [6.45, 7) is 7.36. The molecule has 1 heterocycles. The molecular weight excluding hydrogens is 252 g/mol. The summed E-state index contributed by atoms with van der Waals surface area (Å²) < 4.78 is 11.0. The minimum absolute atomic E-state index is 0.0780. The highest BCUT2D eigenvalue weighted by molar-refractivity contribution is 5.41. The highest BCUT2D eigenvalue weighted by Crippen LogP contribution is 2.27. The van der Waals surface area contributed by atoms with Gasteiger partial charge in [0.25, 0.3) is 0 Å². The van der Waals surface area contributed by atoms with Crippen molar-refractivity contribution in [2.75, 3.05) is 39.6 Å². The van der Waals surface area contributed by atoms with Crippen LogP contribution in [0.15, 0.2) is 24.3 Å². The lowest BCUT2D eigenvalue weighted by atomic mass is 9.84. The van der Waals surface area contributed by atoms with Crippen LogP contribution in [0, 0.1) is 0 Å². The van der Waals surface area contributed by atoms with Gasteiger partial charge >= 0.3 is 0 Å². The molecule has 1 saturated heterocycles. The van der Waals surface area contributed by atoms with Crippen molar-refractivity contribution in [3.05, 3.63) is 29.8 Å². The van der Waals surface area contributed by atoms with Crippen molar-refractivity contribution >= 4 is 5.69 Å². The predicted octanol–water partition coefficient (Wildman–Crippen LogP) is 1.89. The lowest BCUT2D eigenvalue weighted by molar-refractivity contribution is -0.00461. The normalized spacial score (nSPS) is 24.2. The molecule has 0 radical (unpaired) electrons. The standard InChI is InChI=1S/C16H26N2O2/c1-16(2,12-5-7-13(17)8-6-12)11-18-9-14(19-3)15(10-18)20-4/h5-8,14-15H,9-11,17H2,1-4H3. The number of ether oxygens (including phenoxy) is 2. The third-order valence-electron chi connectivity index (χ3n) is 4.21. The van der Waals surface area contributed by atoms with Gasteiger partial charge in [-0.05, 0) is 17.7 Å². The zero-order chi connectivity index (χ0) is 14.8. The Morgan fingerprint density at radius 1 is 1.10 bits per heavy atom. The first kappa shape index (κ1) is 15.3. The van der Waals surface area contributed by atoms with Crippen LogP contribution in [-0.2, 0) is 14.9 Å². The summed E-state index contributed by atoms with van der Waals surface area (Å²) >= 11 is 0. The summed E-state index contributed by atoms with van der Waals surface area (Å²) in [6.07, 6.45) is 0.337. The minimum atomic E-state index is 0.0780. The second-order valence-corrected chi connectivity index (χ2v) is 6.25. The Balaban J connectivity index is 2.03. The fourth-order valence-corrected chi connectivity index (χ4v) is 2.98. The van der Waals surface area contributed by atoms with E-state index in [-0.39, 0.29) is 17.6 Å². The van der Waals surface area contributed by atoms with E-state index in [1.54, 1.807) is 14.2 Å². The van der Waals surface area contributed by atoms with Gasteiger partial charge in [-0.1, -0.05) is 26.0 Å². The number of rotatable bonds is 5. The molecule has 2 unspecified atom stereocenters. The van der Waals surface area contributed by atoms with Crippen LogP contribution in [0.4, 0.5) is 5.69 Å². The molecule has 0 amide bonds. The van der Waals surface area contributed by atoms with Crippen molar-refractivity contribution in [3.8, 4) is 0 Å². The maximum Gasteiger partial charge on any atom is 0.0971 e. The predicted molar refractivity (Wildman–Crippen MR) is 81.9 cm³/mol. The molecule has 1 fully saturated rings. The highest BCUT2D eigenvalue weighted by atomic mass is 16.5. The van der Waals surface area contributed by atoms with Crippen LogP contribution in [0.5, 0.6) is 0 Å². The van der Waals surface area contributed by atoms with E-state index < -0.39 is 0 Å². The van der Waals surface area contributed by atoms with Gasteiger partial charge in [0.05, 0.1) is 12.2 Å². The zero-order valence-electron chi connectivity index (χ0n) is 12.9. The van der Waals surface area contributed by atoms with Crippen molar-refractivity contribution in [2.24, 2.45) is 0 Å². The Labute approximate surface area is 121 Å². The monoisotopic (exact) mass is 278 g/mol. The number of anilines is 1. The van der Waals surface area contributed by atoms with E-state index in [1.807, 2.05) is 12.1 Å². The molecule has 1 aliphatic heterocycles. The van der Waals surface area contributed by atoms with Crippen LogP contribution in [0.2, 0.25) is 0 Å². The summed E-state index contributed by atoms with van der Waals surface area (Å²) in [6, 6.07) is 8.17. The quantitative estimate of drug-likeness (QED) is 0.836. The number of methoxy groups -OCH3 is 2. The van der Waals surface area contributed by atoms with Gasteiger partial charge in [-0.25, -0.2) is 0 Å². The molecule has 1 aliphatic rings. The minimum Gasteiger partial charge on any atom is -0.399 e. The third kappa shape index (κ3) is 3.32. The van der Waals surface area contributed by atoms with Gasteiger partial charge < -0.3 is 15.2 Å². The van der Waals surface area contributed by atoms with Gasteiger partial charge in [0.15, 0.2) is 0 Å². The first-order valence-electron chi connectivity index (χ1n) is 7.10. The summed E-state index contributed by atoms with van der Waals surface area (Å²) in [5, 5.41) is 0. The van der Waals surface area contributed by atoms with E-state index in [4.69, 9.17) is 15.2 Å². The van der Waals surface area contributed by atoms with Gasteiger partial charge in [0.2, 0.25) is 0 Å². The molecule has 0 spiro atoms. The van der Waals surface area contributed by atoms with E-state index in [2.05, 4.69) is 30.9 Å². The van der Waals surface area contributed by atoms with Crippen LogP contribution < -0.4 is 5.73 Å². The fraction of sp³-hybridized carbons (Fsp3) is 0.625. The number of hydrogen-bond donors (Lipinski definition) is 1. The Hall–Kier alpha value is -1.10. The lowest BCUT2D eigenvalue weighted by Gasteiger charge is -2.30. The van der Waals surface area contributed by atoms with Gasteiger partial charge in [0, 0.05) is 45.0 Å². The molecule has 4 heteroatoms. The van der Waals surface area contributed by atoms with E-state index in [9.17, 15) is 0 Å². The number of nitrogen functional groups attached to an aromatic ring is 1. The summed E-state index contributed by atoms with van der Waals surface area (Å²) in [7, 11) is 3.51. The average Bonchev–Trinajstić information content (AvgIpc) is 2.80. The van der Waals surface area contributed by atoms with Gasteiger partial charge in [-0.2, -0.15) is 0 Å². The Kier molecular flexibility index (Phi) is 4.68. The Morgan fingerprint density at radius 2 is 1.60 bits per heavy atom. The van der Waals surface area contributed by atoms with Gasteiger partial charge in [0.1, 0.15) is 0 Å². The summed E-state index contributed by atoms with van der Waals surface area (Å²) in [4.78, 5) is 2.42. The number of nitrogens with zero attached hydrogens (tertiary/aromatic N) is 1. The Bertz CT molecular complexity index is 419. The maximum atomic E-state index is 5.76. The van der Waals surface area contributed by atoms with E-state index in [0.29, 0.717) is 0 Å². The molecule has 0 saturated carbocycles. The van der Waals surface area contributed by atoms with Crippen molar-refractivity contribution in [1.82, 2.24) is 4.90 Å². The van der Waals surface area contributed by atoms with Crippen molar-refractivity contribution < 1.29 is 9.47 Å². The third-order valence-corrected chi connectivity index (χ3v) is 4.21. The molecule has 0 aliphatic carbocycles. The van der Waals surface area contributed by atoms with Gasteiger partial charge in [-0.15, -0.1) is 0 Å². The molecule has 0 aromatic heterocycles. The highest BCUT2D eigenvalue weighted by Gasteiger charge is 2.35. The molecule has 0 bridgehead atoms. The van der Waals surface area contributed by atoms with E-state index >= 15 is 0 Å². The molecule has 2 N–H and O–H groups in total. The molecular formula is C16H26N2O2. The smallest absolute Gasteiger partial charge is 0.0971 e. The molecule has 1 aromatic carbocycles. The molecule has 20 heavy (non-hydrogen) atoms. The lowest BCUT2D eigenvalue weighted by Crippen LogP contribution is -2.36. The van der Waals surface area contributed by atoms with Crippen molar-refractivity contribution in [3.63, 3.8) is 0 Å². The topological polar surface area (TPSA) is 47.7 Å². The van der Waals surface area contributed by atoms with Gasteiger partial charge in [-0.3, -0.25) is 4.90 Å². The van der Waals surface area contributed by atoms with Crippen molar-refractivity contribution in [1.29, 1.82) is 0 Å². The zero-order valence-corrected chi connectivity index (χ0v) is 12.9. The number of likely N-dealkylation sites (tertiary alicyclic amines) is 1. The largest absolute Gasteiger partial charge is 0.399 e. The number of nitrogens with two attached hydrogens (primary N) is 1. The van der Waals surface area contributed by atoms with Crippen LogP contribution in [0.25, 0.3) is 0 Å². The summed E-state index contributed by atoms with van der Waals surface area (Å²) in [5.74, 6) is 0.